The highest BCUT2D eigenvalue weighted by Gasteiger charge is 2.34. The molecule has 7 heteroatoms. The van der Waals surface area contributed by atoms with Gasteiger partial charge in [0.2, 0.25) is 6.79 Å². The summed E-state index contributed by atoms with van der Waals surface area (Å²) < 4.78 is 16.1. The van der Waals surface area contributed by atoms with Crippen LogP contribution < -0.4 is 14.2 Å². The van der Waals surface area contributed by atoms with Gasteiger partial charge in [-0.1, -0.05) is 17.7 Å². The molecule has 0 radical (unpaired) electrons. The quantitative estimate of drug-likeness (QED) is 0.381. The average molecular weight is 423 g/mol. The number of carbonyl (C=O) groups excluding carboxylic acids is 2. The minimum Gasteiger partial charge on any atom is -0.507 e. The van der Waals surface area contributed by atoms with Crippen LogP contribution in [0.2, 0.25) is 5.02 Å². The molecule has 5 rings (SSSR count). The third kappa shape index (κ3) is 3.06. The Morgan fingerprint density at radius 1 is 0.967 bits per heavy atom. The topological polar surface area (TPSA) is 82.1 Å². The lowest BCUT2D eigenvalue weighted by Gasteiger charge is -2.26. The van der Waals surface area contributed by atoms with E-state index in [-0.39, 0.29) is 36.1 Å². The molecule has 1 unspecified atom stereocenters. The molecule has 0 saturated heterocycles. The van der Waals surface area contributed by atoms with Crippen molar-refractivity contribution >= 4 is 23.4 Å². The molecule has 3 aromatic carbocycles. The van der Waals surface area contributed by atoms with Gasteiger partial charge in [-0.05, 0) is 54.1 Å². The van der Waals surface area contributed by atoms with Crippen molar-refractivity contribution in [1.82, 2.24) is 0 Å². The van der Waals surface area contributed by atoms with Crippen molar-refractivity contribution in [1.29, 1.82) is 0 Å². The lowest BCUT2D eigenvalue weighted by Crippen LogP contribution is -2.22. The van der Waals surface area contributed by atoms with Gasteiger partial charge in [-0.25, -0.2) is 0 Å². The fraction of sp³-hybridized carbons (Fsp3) is 0.130. The van der Waals surface area contributed by atoms with Gasteiger partial charge in [0.15, 0.2) is 17.3 Å². The monoisotopic (exact) mass is 422 g/mol. The molecule has 1 N–H and O–H groups in total. The van der Waals surface area contributed by atoms with Crippen LogP contribution >= 0.6 is 11.6 Å². The number of hydrogen-bond acceptors (Lipinski definition) is 6. The van der Waals surface area contributed by atoms with Crippen LogP contribution in [0.1, 0.15) is 39.4 Å². The second-order valence-electron chi connectivity index (χ2n) is 7.05. The van der Waals surface area contributed by atoms with E-state index in [1.165, 1.54) is 12.1 Å². The normalized spacial score (nSPS) is 16.7. The fourth-order valence-electron chi connectivity index (χ4n) is 3.80. The standard InChI is InChI=1S/C23H15ClO6/c24-14-4-1-12(2-5-14)22(26)15-6-8-18-21(23(15)27)16(10-20(25)30-18)13-3-7-17-19(9-13)29-11-28-17/h1-9,16,27H,10-11H2. The maximum Gasteiger partial charge on any atom is 0.312 e. The lowest BCUT2D eigenvalue weighted by atomic mass is 9.84. The van der Waals surface area contributed by atoms with Crippen molar-refractivity contribution < 1.29 is 28.9 Å². The van der Waals surface area contributed by atoms with Crippen LogP contribution in [-0.2, 0) is 4.79 Å². The number of esters is 1. The third-order valence-corrected chi connectivity index (χ3v) is 5.52. The Bertz CT molecular complexity index is 1190. The summed E-state index contributed by atoms with van der Waals surface area (Å²) in [7, 11) is 0. The first kappa shape index (κ1) is 18.5. The first-order valence-electron chi connectivity index (χ1n) is 9.27. The van der Waals surface area contributed by atoms with E-state index >= 15 is 0 Å². The van der Waals surface area contributed by atoms with Crippen molar-refractivity contribution in [2.24, 2.45) is 0 Å². The second-order valence-corrected chi connectivity index (χ2v) is 7.49. The molecule has 1 atom stereocenters. The summed E-state index contributed by atoms with van der Waals surface area (Å²) in [6.07, 6.45) is 0.0266. The highest BCUT2D eigenvalue weighted by Crippen LogP contribution is 2.47. The van der Waals surface area contributed by atoms with Gasteiger partial charge in [0.25, 0.3) is 0 Å². The van der Waals surface area contributed by atoms with Crippen LogP contribution in [0.4, 0.5) is 0 Å². The molecule has 6 nitrogen and oxygen atoms in total. The van der Waals surface area contributed by atoms with Crippen molar-refractivity contribution in [2.75, 3.05) is 6.79 Å². The molecule has 0 fully saturated rings. The lowest BCUT2D eigenvalue weighted by molar-refractivity contribution is -0.135. The van der Waals surface area contributed by atoms with Crippen LogP contribution in [0.5, 0.6) is 23.0 Å². The van der Waals surface area contributed by atoms with Crippen molar-refractivity contribution in [3.05, 3.63) is 81.9 Å². The van der Waals surface area contributed by atoms with Gasteiger partial charge in [0.1, 0.15) is 11.5 Å². The van der Waals surface area contributed by atoms with Gasteiger partial charge < -0.3 is 19.3 Å². The zero-order valence-corrected chi connectivity index (χ0v) is 16.3. The molecule has 0 spiro atoms. The van der Waals surface area contributed by atoms with E-state index in [1.54, 1.807) is 36.4 Å². The van der Waals surface area contributed by atoms with Gasteiger partial charge in [0, 0.05) is 22.1 Å². The molecule has 0 amide bonds. The van der Waals surface area contributed by atoms with Gasteiger partial charge in [-0.2, -0.15) is 0 Å². The number of aromatic hydroxyl groups is 1. The Balaban J connectivity index is 1.61. The maximum atomic E-state index is 13.0. The highest BCUT2D eigenvalue weighted by atomic mass is 35.5. The largest absolute Gasteiger partial charge is 0.507 e. The zero-order valence-electron chi connectivity index (χ0n) is 15.6. The van der Waals surface area contributed by atoms with E-state index in [2.05, 4.69) is 0 Å². The third-order valence-electron chi connectivity index (χ3n) is 5.27. The molecule has 0 bridgehead atoms. The number of halogens is 1. The van der Waals surface area contributed by atoms with E-state index in [1.807, 2.05) is 6.07 Å². The number of rotatable bonds is 3. The van der Waals surface area contributed by atoms with Gasteiger partial charge in [-0.15, -0.1) is 0 Å². The Morgan fingerprint density at radius 3 is 2.50 bits per heavy atom. The van der Waals surface area contributed by atoms with E-state index in [0.717, 1.165) is 5.56 Å². The maximum absolute atomic E-state index is 13.0. The molecule has 2 aliphatic rings. The van der Waals surface area contributed by atoms with E-state index < -0.39 is 11.9 Å². The van der Waals surface area contributed by atoms with Crippen LogP contribution in [0.3, 0.4) is 0 Å². The Hall–Kier alpha value is -3.51. The van der Waals surface area contributed by atoms with E-state index in [0.29, 0.717) is 27.6 Å². The molecule has 0 saturated carbocycles. The first-order chi connectivity index (χ1) is 14.5. The molecular weight excluding hydrogens is 408 g/mol. The molecule has 2 heterocycles. The summed E-state index contributed by atoms with van der Waals surface area (Å²) in [5.74, 6) is -0.0424. The number of ketones is 1. The Kier molecular flexibility index (Phi) is 4.37. The molecule has 3 aromatic rings. The molecule has 150 valence electrons. The van der Waals surface area contributed by atoms with E-state index in [9.17, 15) is 14.7 Å². The number of fused-ring (bicyclic) bond motifs is 2. The second kappa shape index (κ2) is 7.07. The summed E-state index contributed by atoms with van der Waals surface area (Å²) in [6.45, 7) is 0.132. The summed E-state index contributed by atoms with van der Waals surface area (Å²) >= 11 is 5.90. The molecule has 0 aromatic heterocycles. The van der Waals surface area contributed by atoms with Crippen molar-refractivity contribution in [3.63, 3.8) is 0 Å². The number of benzene rings is 3. The van der Waals surface area contributed by atoms with Crippen LogP contribution in [0, 0.1) is 0 Å². The van der Waals surface area contributed by atoms with Crippen LogP contribution in [0.25, 0.3) is 0 Å². The smallest absolute Gasteiger partial charge is 0.312 e. The molecule has 0 aliphatic carbocycles. The first-order valence-corrected chi connectivity index (χ1v) is 9.65. The molecular formula is C23H15ClO6. The predicted molar refractivity (Wildman–Crippen MR) is 108 cm³/mol. The summed E-state index contributed by atoms with van der Waals surface area (Å²) in [4.78, 5) is 25.2. The Morgan fingerprint density at radius 2 is 1.70 bits per heavy atom. The summed E-state index contributed by atoms with van der Waals surface area (Å²) in [6, 6.07) is 14.8. The molecule has 30 heavy (non-hydrogen) atoms. The number of ether oxygens (including phenoxy) is 3. The Labute approximate surface area is 176 Å². The minimum atomic E-state index is -0.492. The summed E-state index contributed by atoms with van der Waals surface area (Å²) in [5, 5.41) is 11.5. The fourth-order valence-corrected chi connectivity index (χ4v) is 3.93. The minimum absolute atomic E-state index is 0.0266. The van der Waals surface area contributed by atoms with Crippen molar-refractivity contribution in [2.45, 2.75) is 12.3 Å². The van der Waals surface area contributed by atoms with Gasteiger partial charge in [0.05, 0.1) is 12.0 Å². The number of hydrogen-bond donors (Lipinski definition) is 1. The van der Waals surface area contributed by atoms with Crippen molar-refractivity contribution in [3.8, 4) is 23.0 Å². The number of phenols is 1. The zero-order chi connectivity index (χ0) is 20.8. The highest BCUT2D eigenvalue weighted by molar-refractivity contribution is 6.30. The van der Waals surface area contributed by atoms with Gasteiger partial charge >= 0.3 is 5.97 Å². The van der Waals surface area contributed by atoms with Crippen LogP contribution in [-0.4, -0.2) is 23.7 Å². The van der Waals surface area contributed by atoms with Gasteiger partial charge in [-0.3, -0.25) is 9.59 Å². The predicted octanol–water partition coefficient (Wildman–Crippen LogP) is 4.45. The number of phenolic OH excluding ortho intramolecular Hbond substituents is 1. The van der Waals surface area contributed by atoms with E-state index in [4.69, 9.17) is 25.8 Å². The summed E-state index contributed by atoms with van der Waals surface area (Å²) in [5.41, 5.74) is 1.67. The SMILES string of the molecule is O=C1CC(c2ccc3c(c2)OCO3)c2c(ccc(C(=O)c3ccc(Cl)cc3)c2O)O1. The number of carbonyl (C=O) groups is 2. The molecule has 2 aliphatic heterocycles. The van der Waals surface area contributed by atoms with Crippen LogP contribution in [0.15, 0.2) is 54.6 Å². The average Bonchev–Trinajstić information content (AvgIpc) is 3.21.